The van der Waals surface area contributed by atoms with Gasteiger partial charge in [-0.05, 0) is 44.6 Å². The number of unbranched alkanes of at least 4 members (excludes halogenated alkanes) is 1. The summed E-state index contributed by atoms with van der Waals surface area (Å²) in [6.07, 6.45) is 9.53. The van der Waals surface area contributed by atoms with Crippen LogP contribution < -0.4 is 0 Å². The van der Waals surface area contributed by atoms with Gasteiger partial charge in [-0.1, -0.05) is 18.9 Å². The first-order valence-corrected chi connectivity index (χ1v) is 6.12. The van der Waals surface area contributed by atoms with Crippen LogP contribution >= 0.6 is 0 Å². The van der Waals surface area contributed by atoms with Gasteiger partial charge in [-0.2, -0.15) is 0 Å². The molecule has 0 amide bonds. The quantitative estimate of drug-likeness (QED) is 0.684. The summed E-state index contributed by atoms with van der Waals surface area (Å²) in [6, 6.07) is 0. The Labute approximate surface area is 92.4 Å². The zero-order chi connectivity index (χ0) is 11.1. The average Bonchev–Trinajstić information content (AvgIpc) is 2.24. The molecule has 0 fully saturated rings. The van der Waals surface area contributed by atoms with Crippen LogP contribution in [0.15, 0.2) is 11.6 Å². The molecule has 15 heavy (non-hydrogen) atoms. The smallest absolute Gasteiger partial charge is 0.155 e. The summed E-state index contributed by atoms with van der Waals surface area (Å²) in [5.74, 6) is 0.296. The van der Waals surface area contributed by atoms with Crippen molar-refractivity contribution in [1.29, 1.82) is 0 Å². The second-order valence-corrected chi connectivity index (χ2v) is 4.43. The summed E-state index contributed by atoms with van der Waals surface area (Å²) in [7, 11) is 0. The van der Waals surface area contributed by atoms with E-state index in [4.69, 9.17) is 0 Å². The Kier molecular flexibility index (Phi) is 5.62. The van der Waals surface area contributed by atoms with Crippen LogP contribution in [-0.4, -0.2) is 17.0 Å². The second-order valence-electron chi connectivity index (χ2n) is 4.43. The van der Waals surface area contributed by atoms with Gasteiger partial charge in [0.2, 0.25) is 0 Å². The minimum absolute atomic E-state index is 0.132. The van der Waals surface area contributed by atoms with Gasteiger partial charge in [-0.25, -0.2) is 0 Å². The molecule has 0 saturated heterocycles. The average molecular weight is 210 g/mol. The highest BCUT2D eigenvalue weighted by Crippen LogP contribution is 2.20. The van der Waals surface area contributed by atoms with Crippen LogP contribution in [0.3, 0.4) is 0 Å². The maximum atomic E-state index is 11.1. The van der Waals surface area contributed by atoms with Crippen LogP contribution in [0, 0.1) is 0 Å². The van der Waals surface area contributed by atoms with Crippen LogP contribution in [-0.2, 0) is 4.79 Å². The second kappa shape index (κ2) is 6.78. The fourth-order valence-electron chi connectivity index (χ4n) is 2.00. The molecule has 0 aromatic rings. The molecule has 0 radical (unpaired) electrons. The topological polar surface area (TPSA) is 37.3 Å². The molecule has 0 heterocycles. The van der Waals surface area contributed by atoms with Crippen LogP contribution in [0.5, 0.6) is 0 Å². The van der Waals surface area contributed by atoms with Crippen molar-refractivity contribution in [2.24, 2.45) is 0 Å². The molecule has 0 aliphatic heterocycles. The lowest BCUT2D eigenvalue weighted by molar-refractivity contribution is -0.115. The molecular weight excluding hydrogens is 188 g/mol. The Morgan fingerprint density at radius 3 is 2.87 bits per heavy atom. The summed E-state index contributed by atoms with van der Waals surface area (Å²) >= 11 is 0. The van der Waals surface area contributed by atoms with Gasteiger partial charge in [-0.3, -0.25) is 4.79 Å². The number of carbonyl (C=O) groups excluding carboxylic acids is 1. The third-order valence-corrected chi connectivity index (χ3v) is 3.04. The van der Waals surface area contributed by atoms with Gasteiger partial charge in [0.05, 0.1) is 6.10 Å². The van der Waals surface area contributed by atoms with Crippen molar-refractivity contribution in [2.75, 3.05) is 0 Å². The number of ketones is 1. The predicted molar refractivity (Wildman–Crippen MR) is 61.7 cm³/mol. The van der Waals surface area contributed by atoms with Crippen molar-refractivity contribution in [3.63, 3.8) is 0 Å². The summed E-state index contributed by atoms with van der Waals surface area (Å²) in [5.41, 5.74) is 1.32. The third-order valence-electron chi connectivity index (χ3n) is 3.04. The Morgan fingerprint density at radius 2 is 2.20 bits per heavy atom. The standard InChI is InChI=1S/C13H22O2/c1-2-12(14)8-4-3-6-11-7-5-9-13(15)10-11/h10,12,14H,2-9H2,1H3. The van der Waals surface area contributed by atoms with E-state index >= 15 is 0 Å². The lowest BCUT2D eigenvalue weighted by atomic mass is 9.94. The molecule has 1 rings (SSSR count). The van der Waals surface area contributed by atoms with E-state index in [0.717, 1.165) is 51.4 Å². The maximum Gasteiger partial charge on any atom is 0.155 e. The number of allylic oxidation sites excluding steroid dienone is 2. The van der Waals surface area contributed by atoms with Gasteiger partial charge in [0.15, 0.2) is 5.78 Å². The van der Waals surface area contributed by atoms with E-state index in [1.54, 1.807) is 0 Å². The molecule has 2 nitrogen and oxygen atoms in total. The summed E-state index contributed by atoms with van der Waals surface area (Å²) < 4.78 is 0. The molecule has 1 aliphatic carbocycles. The molecule has 0 saturated carbocycles. The fourth-order valence-corrected chi connectivity index (χ4v) is 2.00. The van der Waals surface area contributed by atoms with Gasteiger partial charge in [0.1, 0.15) is 0 Å². The number of carbonyl (C=O) groups is 1. The predicted octanol–water partition coefficient (Wildman–Crippen LogP) is 3.00. The number of aliphatic hydroxyl groups excluding tert-OH is 1. The number of aliphatic hydroxyl groups is 1. The van der Waals surface area contributed by atoms with Gasteiger partial charge in [-0.15, -0.1) is 0 Å². The molecule has 0 spiro atoms. The largest absolute Gasteiger partial charge is 0.393 e. The first-order chi connectivity index (χ1) is 7.22. The van der Waals surface area contributed by atoms with Gasteiger partial charge >= 0.3 is 0 Å². The Balaban J connectivity index is 2.12. The zero-order valence-electron chi connectivity index (χ0n) is 9.67. The van der Waals surface area contributed by atoms with Crippen molar-refractivity contribution in [2.45, 2.75) is 64.4 Å². The monoisotopic (exact) mass is 210 g/mol. The molecule has 1 N–H and O–H groups in total. The highest BCUT2D eigenvalue weighted by atomic mass is 16.3. The highest BCUT2D eigenvalue weighted by Gasteiger charge is 2.09. The molecule has 1 aliphatic rings. The van der Waals surface area contributed by atoms with Crippen molar-refractivity contribution < 1.29 is 9.90 Å². The lowest BCUT2D eigenvalue weighted by Gasteiger charge is -2.12. The summed E-state index contributed by atoms with van der Waals surface area (Å²) in [4.78, 5) is 11.1. The minimum atomic E-state index is -0.132. The minimum Gasteiger partial charge on any atom is -0.393 e. The highest BCUT2D eigenvalue weighted by molar-refractivity contribution is 5.91. The van der Waals surface area contributed by atoms with Crippen molar-refractivity contribution in [3.8, 4) is 0 Å². The molecule has 86 valence electrons. The molecule has 0 aromatic carbocycles. The van der Waals surface area contributed by atoms with E-state index in [2.05, 4.69) is 0 Å². The van der Waals surface area contributed by atoms with E-state index in [-0.39, 0.29) is 6.10 Å². The number of rotatable bonds is 6. The van der Waals surface area contributed by atoms with E-state index in [1.807, 2.05) is 13.0 Å². The Bertz CT molecular complexity index is 231. The van der Waals surface area contributed by atoms with Crippen LogP contribution in [0.4, 0.5) is 0 Å². The summed E-state index contributed by atoms with van der Waals surface area (Å²) in [6.45, 7) is 2.01. The molecule has 0 aromatic heterocycles. The Morgan fingerprint density at radius 1 is 1.40 bits per heavy atom. The van der Waals surface area contributed by atoms with Crippen molar-refractivity contribution in [3.05, 3.63) is 11.6 Å². The van der Waals surface area contributed by atoms with Crippen LogP contribution in [0.1, 0.15) is 58.3 Å². The molecular formula is C13H22O2. The van der Waals surface area contributed by atoms with E-state index in [1.165, 1.54) is 5.57 Å². The van der Waals surface area contributed by atoms with Crippen LogP contribution in [0.25, 0.3) is 0 Å². The lowest BCUT2D eigenvalue weighted by Crippen LogP contribution is -2.05. The summed E-state index contributed by atoms with van der Waals surface area (Å²) in [5, 5.41) is 9.37. The van der Waals surface area contributed by atoms with Gasteiger partial charge in [0.25, 0.3) is 0 Å². The zero-order valence-corrected chi connectivity index (χ0v) is 9.67. The van der Waals surface area contributed by atoms with E-state index in [9.17, 15) is 9.90 Å². The van der Waals surface area contributed by atoms with Crippen molar-refractivity contribution >= 4 is 5.78 Å². The van der Waals surface area contributed by atoms with E-state index in [0.29, 0.717) is 5.78 Å². The molecule has 1 atom stereocenters. The normalized spacial score (nSPS) is 18.8. The SMILES string of the molecule is CCC(O)CCCCC1=CC(=O)CCC1. The van der Waals surface area contributed by atoms with Gasteiger partial charge in [0, 0.05) is 6.42 Å². The van der Waals surface area contributed by atoms with Crippen molar-refractivity contribution in [1.82, 2.24) is 0 Å². The molecule has 1 unspecified atom stereocenters. The maximum absolute atomic E-state index is 11.1. The third kappa shape index (κ3) is 5.12. The fraction of sp³-hybridized carbons (Fsp3) is 0.769. The number of hydrogen-bond acceptors (Lipinski definition) is 2. The first kappa shape index (κ1) is 12.4. The molecule has 2 heteroatoms. The molecule has 0 bridgehead atoms. The van der Waals surface area contributed by atoms with Crippen LogP contribution in [0.2, 0.25) is 0 Å². The van der Waals surface area contributed by atoms with E-state index < -0.39 is 0 Å². The van der Waals surface area contributed by atoms with Gasteiger partial charge < -0.3 is 5.11 Å². The Hall–Kier alpha value is -0.630. The first-order valence-electron chi connectivity index (χ1n) is 6.12. The number of hydrogen-bond donors (Lipinski definition) is 1.